The zero-order valence-corrected chi connectivity index (χ0v) is 9.84. The summed E-state index contributed by atoms with van der Waals surface area (Å²) in [7, 11) is 1.79. The summed E-state index contributed by atoms with van der Waals surface area (Å²) in [6.07, 6.45) is 4.75. The van der Waals surface area contributed by atoms with Crippen molar-refractivity contribution in [2.24, 2.45) is 5.73 Å². The number of carbonyl (C=O) groups is 2. The summed E-state index contributed by atoms with van der Waals surface area (Å²) < 4.78 is 0. The molecule has 92 valence electrons. The van der Waals surface area contributed by atoms with Crippen LogP contribution in [-0.2, 0) is 9.59 Å². The molecule has 0 radical (unpaired) electrons. The van der Waals surface area contributed by atoms with Crippen molar-refractivity contribution in [1.82, 2.24) is 10.6 Å². The fourth-order valence-corrected chi connectivity index (χ4v) is 2.16. The second-order valence-electron chi connectivity index (χ2n) is 4.41. The van der Waals surface area contributed by atoms with Gasteiger partial charge in [-0.15, -0.1) is 0 Å². The van der Waals surface area contributed by atoms with Crippen molar-refractivity contribution in [2.75, 3.05) is 13.6 Å². The molecule has 1 saturated carbocycles. The minimum atomic E-state index is -0.789. The standard InChI is InChI=1S/C11H21N3O2/c1-13-8-5-9(15)14-11(10(12)16)6-3-2-4-7-11/h13H,2-8H2,1H3,(H2,12,16)(H,14,15). The smallest absolute Gasteiger partial charge is 0.243 e. The Balaban J connectivity index is 2.56. The van der Waals surface area contributed by atoms with E-state index in [-0.39, 0.29) is 5.91 Å². The predicted molar refractivity (Wildman–Crippen MR) is 61.7 cm³/mol. The second-order valence-corrected chi connectivity index (χ2v) is 4.41. The van der Waals surface area contributed by atoms with E-state index >= 15 is 0 Å². The van der Waals surface area contributed by atoms with Crippen LogP contribution in [0.1, 0.15) is 38.5 Å². The fourth-order valence-electron chi connectivity index (χ4n) is 2.16. The Morgan fingerprint density at radius 1 is 1.25 bits per heavy atom. The van der Waals surface area contributed by atoms with E-state index in [4.69, 9.17) is 5.73 Å². The molecular formula is C11H21N3O2. The highest BCUT2D eigenvalue weighted by Crippen LogP contribution is 2.27. The minimum absolute atomic E-state index is 0.102. The van der Waals surface area contributed by atoms with Gasteiger partial charge in [0, 0.05) is 13.0 Å². The molecule has 1 aliphatic carbocycles. The van der Waals surface area contributed by atoms with Crippen LogP contribution in [0.15, 0.2) is 0 Å². The molecule has 0 atom stereocenters. The third-order valence-electron chi connectivity index (χ3n) is 3.16. The number of rotatable bonds is 5. The van der Waals surface area contributed by atoms with Crippen LogP contribution < -0.4 is 16.4 Å². The molecule has 4 N–H and O–H groups in total. The molecule has 1 fully saturated rings. The SMILES string of the molecule is CNCCC(=O)NC1(C(N)=O)CCCCC1. The first kappa shape index (κ1) is 13.0. The van der Waals surface area contributed by atoms with Crippen molar-refractivity contribution in [3.8, 4) is 0 Å². The largest absolute Gasteiger partial charge is 0.368 e. The van der Waals surface area contributed by atoms with E-state index in [1.54, 1.807) is 7.05 Å². The maximum atomic E-state index is 11.6. The fraction of sp³-hybridized carbons (Fsp3) is 0.818. The Morgan fingerprint density at radius 2 is 1.88 bits per heavy atom. The topological polar surface area (TPSA) is 84.2 Å². The third kappa shape index (κ3) is 3.20. The molecule has 5 heteroatoms. The minimum Gasteiger partial charge on any atom is -0.368 e. The van der Waals surface area contributed by atoms with Crippen LogP contribution in [0.5, 0.6) is 0 Å². The first-order valence-corrected chi connectivity index (χ1v) is 5.86. The summed E-state index contributed by atoms with van der Waals surface area (Å²) in [5.74, 6) is -0.500. The van der Waals surface area contributed by atoms with E-state index in [0.29, 0.717) is 25.8 Å². The molecule has 5 nitrogen and oxygen atoms in total. The Labute approximate surface area is 96.1 Å². The molecule has 16 heavy (non-hydrogen) atoms. The number of hydrogen-bond acceptors (Lipinski definition) is 3. The van der Waals surface area contributed by atoms with Gasteiger partial charge in [0.2, 0.25) is 11.8 Å². The van der Waals surface area contributed by atoms with Gasteiger partial charge in [0.25, 0.3) is 0 Å². The highest BCUT2D eigenvalue weighted by molar-refractivity contribution is 5.90. The quantitative estimate of drug-likeness (QED) is 0.613. The van der Waals surface area contributed by atoms with Crippen LogP contribution in [0.3, 0.4) is 0 Å². The zero-order chi connectivity index (χ0) is 12.0. The van der Waals surface area contributed by atoms with Gasteiger partial charge < -0.3 is 16.4 Å². The van der Waals surface area contributed by atoms with E-state index in [1.165, 1.54) is 0 Å². The average molecular weight is 227 g/mol. The molecule has 1 rings (SSSR count). The molecule has 2 amide bonds. The normalized spacial score (nSPS) is 19.1. The van der Waals surface area contributed by atoms with Gasteiger partial charge in [-0.1, -0.05) is 19.3 Å². The number of hydrogen-bond donors (Lipinski definition) is 3. The number of carbonyl (C=O) groups excluding carboxylic acids is 2. The molecule has 0 unspecified atom stereocenters. The molecule has 0 aromatic heterocycles. The Morgan fingerprint density at radius 3 is 2.38 bits per heavy atom. The predicted octanol–water partition coefficient (Wildman–Crippen LogP) is -0.0997. The lowest BCUT2D eigenvalue weighted by atomic mass is 9.81. The number of amides is 2. The summed E-state index contributed by atoms with van der Waals surface area (Å²) in [5, 5.41) is 5.71. The van der Waals surface area contributed by atoms with Crippen LogP contribution in [0.2, 0.25) is 0 Å². The first-order valence-electron chi connectivity index (χ1n) is 5.86. The van der Waals surface area contributed by atoms with Crippen molar-refractivity contribution < 1.29 is 9.59 Å². The summed E-state index contributed by atoms with van der Waals surface area (Å²) in [4.78, 5) is 23.1. The molecule has 1 aliphatic rings. The van der Waals surface area contributed by atoms with Crippen LogP contribution in [-0.4, -0.2) is 30.9 Å². The van der Waals surface area contributed by atoms with E-state index in [9.17, 15) is 9.59 Å². The maximum Gasteiger partial charge on any atom is 0.243 e. The van der Waals surface area contributed by atoms with Crippen molar-refractivity contribution in [3.05, 3.63) is 0 Å². The molecule has 0 heterocycles. The van der Waals surface area contributed by atoms with E-state index < -0.39 is 11.4 Å². The van der Waals surface area contributed by atoms with Crippen molar-refractivity contribution in [3.63, 3.8) is 0 Å². The highest BCUT2D eigenvalue weighted by atomic mass is 16.2. The van der Waals surface area contributed by atoms with Gasteiger partial charge in [-0.3, -0.25) is 9.59 Å². The van der Waals surface area contributed by atoms with Crippen LogP contribution >= 0.6 is 0 Å². The highest BCUT2D eigenvalue weighted by Gasteiger charge is 2.38. The van der Waals surface area contributed by atoms with Crippen LogP contribution in [0.25, 0.3) is 0 Å². The summed E-state index contributed by atoms with van der Waals surface area (Å²) >= 11 is 0. The van der Waals surface area contributed by atoms with Gasteiger partial charge in [0.1, 0.15) is 5.54 Å². The van der Waals surface area contributed by atoms with E-state index in [2.05, 4.69) is 10.6 Å². The van der Waals surface area contributed by atoms with Gasteiger partial charge in [0.15, 0.2) is 0 Å². The monoisotopic (exact) mass is 227 g/mol. The number of nitrogens with two attached hydrogens (primary N) is 1. The molecule has 0 bridgehead atoms. The van der Waals surface area contributed by atoms with Gasteiger partial charge in [0.05, 0.1) is 0 Å². The van der Waals surface area contributed by atoms with Gasteiger partial charge in [-0.2, -0.15) is 0 Å². The lowest BCUT2D eigenvalue weighted by Gasteiger charge is -2.35. The van der Waals surface area contributed by atoms with E-state index in [0.717, 1.165) is 19.3 Å². The molecule has 0 aromatic carbocycles. The first-order chi connectivity index (χ1) is 7.60. The summed E-state index contributed by atoms with van der Waals surface area (Å²) in [5.41, 5.74) is 4.62. The van der Waals surface area contributed by atoms with E-state index in [1.807, 2.05) is 0 Å². The Bertz CT molecular complexity index is 260. The van der Waals surface area contributed by atoms with Gasteiger partial charge >= 0.3 is 0 Å². The summed E-state index contributed by atoms with van der Waals surface area (Å²) in [6.45, 7) is 0.612. The van der Waals surface area contributed by atoms with Crippen molar-refractivity contribution in [1.29, 1.82) is 0 Å². The average Bonchev–Trinajstić information content (AvgIpc) is 2.27. The van der Waals surface area contributed by atoms with Gasteiger partial charge in [-0.05, 0) is 19.9 Å². The number of nitrogens with one attached hydrogen (secondary N) is 2. The Hall–Kier alpha value is -1.10. The molecule has 0 aromatic rings. The van der Waals surface area contributed by atoms with Crippen LogP contribution in [0, 0.1) is 0 Å². The lowest BCUT2D eigenvalue weighted by Crippen LogP contribution is -2.58. The lowest BCUT2D eigenvalue weighted by molar-refractivity contribution is -0.132. The number of primary amides is 1. The molecule has 0 saturated heterocycles. The zero-order valence-electron chi connectivity index (χ0n) is 9.84. The second kappa shape index (κ2) is 5.84. The van der Waals surface area contributed by atoms with Crippen LogP contribution in [0.4, 0.5) is 0 Å². The Kier molecular flexibility index (Phi) is 4.73. The maximum absolute atomic E-state index is 11.6. The van der Waals surface area contributed by atoms with Crippen molar-refractivity contribution in [2.45, 2.75) is 44.1 Å². The van der Waals surface area contributed by atoms with Gasteiger partial charge in [-0.25, -0.2) is 0 Å². The summed E-state index contributed by atoms with van der Waals surface area (Å²) in [6, 6.07) is 0. The van der Waals surface area contributed by atoms with Crippen molar-refractivity contribution >= 4 is 11.8 Å². The third-order valence-corrected chi connectivity index (χ3v) is 3.16. The molecule has 0 aliphatic heterocycles. The molecule has 0 spiro atoms. The molecular weight excluding hydrogens is 206 g/mol.